The van der Waals surface area contributed by atoms with Gasteiger partial charge in [0.15, 0.2) is 0 Å². The molecule has 0 heterocycles. The van der Waals surface area contributed by atoms with Gasteiger partial charge in [-0.2, -0.15) is 0 Å². The van der Waals surface area contributed by atoms with Crippen LogP contribution in [-0.4, -0.2) is 19.6 Å². The minimum Gasteiger partial charge on any atom is -0.469 e. The van der Waals surface area contributed by atoms with E-state index in [1.807, 2.05) is 13.0 Å². The molecule has 18 heavy (non-hydrogen) atoms. The molecule has 0 aliphatic rings. The average Bonchev–Trinajstić information content (AvgIpc) is 2.35. The van der Waals surface area contributed by atoms with E-state index in [0.29, 0.717) is 28.0 Å². The monoisotopic (exact) mass is 309 g/mol. The van der Waals surface area contributed by atoms with Gasteiger partial charge in [-0.3, -0.25) is 4.79 Å². The fraction of sp³-hybridized carbons (Fsp3) is 0.417. The molecule has 1 atom stereocenters. The second-order valence-corrected chi connectivity index (χ2v) is 4.93. The Hall–Kier alpha value is -0.480. The maximum Gasteiger partial charge on any atom is 0.306 e. The molecule has 0 fully saturated rings. The van der Waals surface area contributed by atoms with E-state index in [9.17, 15) is 4.79 Å². The first-order valence-electron chi connectivity index (χ1n) is 5.41. The Balaban J connectivity index is 2.65. The first-order valence-corrected chi connectivity index (χ1v) is 6.54. The number of nitrogens with one attached hydrogen (secondary N) is 1. The van der Waals surface area contributed by atoms with Crippen LogP contribution in [0.5, 0.6) is 0 Å². The molecule has 0 aliphatic carbocycles. The third kappa shape index (κ3) is 4.02. The third-order valence-electron chi connectivity index (χ3n) is 2.54. The van der Waals surface area contributed by atoms with Crippen LogP contribution < -0.4 is 5.32 Å². The van der Waals surface area contributed by atoms with E-state index in [1.54, 1.807) is 6.07 Å². The Morgan fingerprint density at radius 1 is 1.33 bits per heavy atom. The van der Waals surface area contributed by atoms with Crippen LogP contribution >= 0.6 is 34.8 Å². The first-order chi connectivity index (χ1) is 8.47. The van der Waals surface area contributed by atoms with Crippen molar-refractivity contribution in [3.63, 3.8) is 0 Å². The summed E-state index contributed by atoms with van der Waals surface area (Å²) in [6.45, 7) is 2.44. The molecule has 0 amide bonds. The van der Waals surface area contributed by atoms with Crippen molar-refractivity contribution in [3.05, 3.63) is 32.8 Å². The molecule has 1 aromatic carbocycles. The number of rotatable bonds is 5. The molecule has 0 bridgehead atoms. The van der Waals surface area contributed by atoms with Gasteiger partial charge >= 0.3 is 5.97 Å². The van der Waals surface area contributed by atoms with E-state index in [0.717, 1.165) is 5.56 Å². The number of benzene rings is 1. The number of methoxy groups -OCH3 is 1. The highest BCUT2D eigenvalue weighted by molar-refractivity contribution is 6.48. The summed E-state index contributed by atoms with van der Waals surface area (Å²) in [7, 11) is 1.36. The summed E-state index contributed by atoms with van der Waals surface area (Å²) in [6, 6.07) is 3.48. The molecule has 0 aromatic heterocycles. The van der Waals surface area contributed by atoms with Crippen molar-refractivity contribution in [2.24, 2.45) is 0 Å². The Morgan fingerprint density at radius 2 is 2.00 bits per heavy atom. The number of carbonyl (C=O) groups excluding carboxylic acids is 1. The van der Waals surface area contributed by atoms with E-state index in [4.69, 9.17) is 34.8 Å². The molecule has 6 heteroatoms. The van der Waals surface area contributed by atoms with Gasteiger partial charge in [0.1, 0.15) is 0 Å². The van der Waals surface area contributed by atoms with Gasteiger partial charge < -0.3 is 10.1 Å². The number of carbonyl (C=O) groups is 1. The number of hydrogen-bond donors (Lipinski definition) is 1. The van der Waals surface area contributed by atoms with E-state index in [2.05, 4.69) is 10.1 Å². The molecule has 0 spiro atoms. The third-order valence-corrected chi connectivity index (χ3v) is 3.85. The van der Waals surface area contributed by atoms with Crippen LogP contribution in [0.1, 0.15) is 24.9 Å². The topological polar surface area (TPSA) is 38.3 Å². The van der Waals surface area contributed by atoms with Gasteiger partial charge in [-0.25, -0.2) is 0 Å². The van der Waals surface area contributed by atoms with Crippen LogP contribution in [0.2, 0.25) is 15.1 Å². The quantitative estimate of drug-likeness (QED) is 0.663. The second kappa shape index (κ2) is 7.19. The number of halogens is 3. The van der Waals surface area contributed by atoms with Crippen molar-refractivity contribution < 1.29 is 9.53 Å². The molecular formula is C12H14Cl3NO2. The lowest BCUT2D eigenvalue weighted by Crippen LogP contribution is -2.22. The van der Waals surface area contributed by atoms with E-state index >= 15 is 0 Å². The van der Waals surface area contributed by atoms with Crippen molar-refractivity contribution >= 4 is 40.8 Å². The number of ether oxygens (including phenoxy) is 1. The Morgan fingerprint density at radius 3 is 2.61 bits per heavy atom. The lowest BCUT2D eigenvalue weighted by atomic mass is 10.1. The summed E-state index contributed by atoms with van der Waals surface area (Å²) in [6.07, 6.45) is 0.305. The number of hydrogen-bond acceptors (Lipinski definition) is 3. The van der Waals surface area contributed by atoms with Crippen LogP contribution in [-0.2, 0) is 9.53 Å². The molecule has 0 radical (unpaired) electrons. The predicted octanol–water partition coefficient (Wildman–Crippen LogP) is 3.86. The lowest BCUT2D eigenvalue weighted by molar-refractivity contribution is -0.140. The van der Waals surface area contributed by atoms with Gasteiger partial charge in [0, 0.05) is 12.6 Å². The molecule has 100 valence electrons. The second-order valence-electron chi connectivity index (χ2n) is 3.77. The standard InChI is InChI=1S/C12H14Cl3NO2/c1-7(16-6-5-10(17)18-2)8-3-4-9(13)12(15)11(8)14/h3-4,7,16H,5-6H2,1-2H3. The highest BCUT2D eigenvalue weighted by Crippen LogP contribution is 2.35. The van der Waals surface area contributed by atoms with Crippen molar-refractivity contribution in [3.8, 4) is 0 Å². The average molecular weight is 311 g/mol. The molecule has 1 rings (SSSR count). The fourth-order valence-electron chi connectivity index (χ4n) is 1.48. The van der Waals surface area contributed by atoms with Gasteiger partial charge in [0.25, 0.3) is 0 Å². The zero-order chi connectivity index (χ0) is 13.7. The Kier molecular flexibility index (Phi) is 6.22. The maximum atomic E-state index is 11.0. The zero-order valence-corrected chi connectivity index (χ0v) is 12.4. The normalized spacial score (nSPS) is 12.3. The van der Waals surface area contributed by atoms with Gasteiger partial charge in [-0.1, -0.05) is 40.9 Å². The Bertz CT molecular complexity index is 438. The summed E-state index contributed by atoms with van der Waals surface area (Å²) in [4.78, 5) is 11.0. The number of esters is 1. The van der Waals surface area contributed by atoms with Crippen molar-refractivity contribution in [2.45, 2.75) is 19.4 Å². The van der Waals surface area contributed by atoms with E-state index in [-0.39, 0.29) is 12.0 Å². The molecule has 0 aliphatic heterocycles. The molecule has 0 saturated carbocycles. The molecule has 1 N–H and O–H groups in total. The summed E-state index contributed by atoms with van der Waals surface area (Å²) in [5, 5.41) is 4.37. The van der Waals surface area contributed by atoms with Crippen LogP contribution in [0, 0.1) is 0 Å². The van der Waals surface area contributed by atoms with Crippen LogP contribution in [0.4, 0.5) is 0 Å². The van der Waals surface area contributed by atoms with Crippen LogP contribution in [0.25, 0.3) is 0 Å². The minimum atomic E-state index is -0.255. The van der Waals surface area contributed by atoms with Crippen LogP contribution in [0.3, 0.4) is 0 Å². The molecule has 1 unspecified atom stereocenters. The fourth-order valence-corrected chi connectivity index (χ4v) is 2.18. The highest BCUT2D eigenvalue weighted by atomic mass is 35.5. The lowest BCUT2D eigenvalue weighted by Gasteiger charge is -2.16. The van der Waals surface area contributed by atoms with Gasteiger partial charge in [0.2, 0.25) is 0 Å². The van der Waals surface area contributed by atoms with Gasteiger partial charge in [-0.15, -0.1) is 0 Å². The van der Waals surface area contributed by atoms with E-state index in [1.165, 1.54) is 7.11 Å². The maximum absolute atomic E-state index is 11.0. The zero-order valence-electron chi connectivity index (χ0n) is 10.1. The predicted molar refractivity (Wildman–Crippen MR) is 74.5 cm³/mol. The summed E-state index contributed by atoms with van der Waals surface area (Å²) in [5.41, 5.74) is 0.843. The molecular weight excluding hydrogens is 296 g/mol. The summed E-state index contributed by atoms with van der Waals surface area (Å²) >= 11 is 17.9. The van der Waals surface area contributed by atoms with Crippen molar-refractivity contribution in [1.82, 2.24) is 5.32 Å². The van der Waals surface area contributed by atoms with Gasteiger partial charge in [0.05, 0.1) is 28.6 Å². The smallest absolute Gasteiger partial charge is 0.306 e. The minimum absolute atomic E-state index is 0.0306. The highest BCUT2D eigenvalue weighted by Gasteiger charge is 2.14. The summed E-state index contributed by atoms with van der Waals surface area (Å²) < 4.78 is 4.55. The Labute approximate surface area is 121 Å². The molecule has 0 saturated heterocycles. The largest absolute Gasteiger partial charge is 0.469 e. The van der Waals surface area contributed by atoms with E-state index < -0.39 is 0 Å². The first kappa shape index (κ1) is 15.6. The van der Waals surface area contributed by atoms with Gasteiger partial charge in [-0.05, 0) is 18.6 Å². The van der Waals surface area contributed by atoms with Crippen LogP contribution in [0.15, 0.2) is 12.1 Å². The SMILES string of the molecule is COC(=O)CCNC(C)c1ccc(Cl)c(Cl)c1Cl. The molecule has 3 nitrogen and oxygen atoms in total. The van der Waals surface area contributed by atoms with Crippen molar-refractivity contribution in [1.29, 1.82) is 0 Å². The summed E-state index contributed by atoms with van der Waals surface area (Å²) in [5.74, 6) is -0.255. The molecule has 1 aromatic rings. The van der Waals surface area contributed by atoms with Crippen molar-refractivity contribution in [2.75, 3.05) is 13.7 Å².